The van der Waals surface area contributed by atoms with Crippen LogP contribution in [-0.4, -0.2) is 31.7 Å². The van der Waals surface area contributed by atoms with Crippen LogP contribution >= 0.6 is 11.8 Å². The van der Waals surface area contributed by atoms with Crippen molar-refractivity contribution in [3.8, 4) is 0 Å². The minimum absolute atomic E-state index is 0.160. The van der Waals surface area contributed by atoms with Gasteiger partial charge in [0, 0.05) is 11.8 Å². The summed E-state index contributed by atoms with van der Waals surface area (Å²) in [5.74, 6) is 0.838. The summed E-state index contributed by atoms with van der Waals surface area (Å²) in [5, 5.41) is 0.907. The first kappa shape index (κ1) is 9.42. The van der Waals surface area contributed by atoms with Crippen LogP contribution in [0.3, 0.4) is 0 Å². The van der Waals surface area contributed by atoms with E-state index in [4.69, 9.17) is 5.73 Å². The lowest BCUT2D eigenvalue weighted by atomic mass is 10.4. The van der Waals surface area contributed by atoms with Gasteiger partial charge in [0.2, 0.25) is 0 Å². The largest absolute Gasteiger partial charge is 0.341 e. The highest BCUT2D eigenvalue weighted by molar-refractivity contribution is 7.99. The van der Waals surface area contributed by atoms with Crippen LogP contribution in [0, 0.1) is 0 Å². The van der Waals surface area contributed by atoms with Crippen LogP contribution in [0.1, 0.15) is 6.92 Å². The van der Waals surface area contributed by atoms with Gasteiger partial charge in [-0.3, -0.25) is 0 Å². The fourth-order valence-electron chi connectivity index (χ4n) is 1.06. The van der Waals surface area contributed by atoms with E-state index in [1.54, 1.807) is 18.1 Å². The molecule has 0 aliphatic heterocycles. The lowest BCUT2D eigenvalue weighted by Crippen LogP contribution is -2.17. The summed E-state index contributed by atoms with van der Waals surface area (Å²) < 4.78 is 0. The van der Waals surface area contributed by atoms with Crippen LogP contribution in [0.4, 0.5) is 0 Å². The maximum absolute atomic E-state index is 5.67. The van der Waals surface area contributed by atoms with E-state index in [2.05, 4.69) is 19.9 Å². The van der Waals surface area contributed by atoms with Crippen LogP contribution in [0.5, 0.6) is 0 Å². The molecule has 2 aromatic rings. The SMILES string of the molecule is C[C@H](N)CSc1ncnc2nc[nH]c12. The average molecular weight is 209 g/mol. The Hall–Kier alpha value is -1.14. The molecule has 14 heavy (non-hydrogen) atoms. The first-order valence-electron chi connectivity index (χ1n) is 4.30. The predicted octanol–water partition coefficient (Wildman–Crippen LogP) is 0.792. The maximum Gasteiger partial charge on any atom is 0.181 e. The summed E-state index contributed by atoms with van der Waals surface area (Å²) in [6.45, 7) is 1.97. The minimum atomic E-state index is 0.160. The van der Waals surface area contributed by atoms with Crippen LogP contribution in [0.2, 0.25) is 0 Å². The Morgan fingerprint density at radius 2 is 2.36 bits per heavy atom. The third kappa shape index (κ3) is 1.85. The molecule has 0 aliphatic rings. The monoisotopic (exact) mass is 209 g/mol. The topological polar surface area (TPSA) is 80.5 Å². The van der Waals surface area contributed by atoms with Crippen molar-refractivity contribution in [2.45, 2.75) is 18.0 Å². The Morgan fingerprint density at radius 1 is 1.50 bits per heavy atom. The number of nitrogens with two attached hydrogens (primary N) is 1. The van der Waals surface area contributed by atoms with Crippen molar-refractivity contribution in [2.24, 2.45) is 5.73 Å². The molecule has 0 saturated heterocycles. The molecule has 6 heteroatoms. The van der Waals surface area contributed by atoms with E-state index < -0.39 is 0 Å². The molecule has 0 saturated carbocycles. The number of rotatable bonds is 3. The van der Waals surface area contributed by atoms with Gasteiger partial charge in [-0.15, -0.1) is 11.8 Å². The molecule has 2 heterocycles. The smallest absolute Gasteiger partial charge is 0.181 e. The predicted molar refractivity (Wildman–Crippen MR) is 56.1 cm³/mol. The summed E-state index contributed by atoms with van der Waals surface area (Å²) in [7, 11) is 0. The molecule has 0 aromatic carbocycles. The van der Waals surface area contributed by atoms with Crippen molar-refractivity contribution in [1.29, 1.82) is 0 Å². The number of aromatic nitrogens is 4. The van der Waals surface area contributed by atoms with Crippen molar-refractivity contribution in [3.63, 3.8) is 0 Å². The van der Waals surface area contributed by atoms with Gasteiger partial charge >= 0.3 is 0 Å². The maximum atomic E-state index is 5.67. The van der Waals surface area contributed by atoms with Gasteiger partial charge in [-0.1, -0.05) is 0 Å². The Kier molecular flexibility index (Phi) is 2.64. The third-order valence-corrected chi connectivity index (χ3v) is 2.95. The molecular formula is C8H11N5S. The highest BCUT2D eigenvalue weighted by atomic mass is 32.2. The fourth-order valence-corrected chi connectivity index (χ4v) is 1.90. The molecule has 5 nitrogen and oxygen atoms in total. The molecule has 1 atom stereocenters. The summed E-state index contributed by atoms with van der Waals surface area (Å²) in [5.41, 5.74) is 7.26. The molecule has 2 rings (SSSR count). The van der Waals surface area contributed by atoms with E-state index in [0.29, 0.717) is 5.65 Å². The van der Waals surface area contributed by atoms with E-state index in [1.807, 2.05) is 6.92 Å². The number of thioether (sulfide) groups is 1. The second kappa shape index (κ2) is 3.93. The first-order chi connectivity index (χ1) is 6.77. The Morgan fingerprint density at radius 3 is 3.14 bits per heavy atom. The third-order valence-electron chi connectivity index (χ3n) is 1.67. The van der Waals surface area contributed by atoms with Crippen molar-refractivity contribution in [1.82, 2.24) is 19.9 Å². The number of H-pyrrole nitrogens is 1. The molecule has 0 spiro atoms. The standard InChI is InChI=1S/C8H11N5S/c1-5(9)2-14-8-6-7(11-3-10-6)12-4-13-8/h3-5H,2,9H2,1H3,(H,10,11,12,13)/t5-/m0/s1. The molecule has 0 unspecified atom stereocenters. The van der Waals surface area contributed by atoms with Crippen molar-refractivity contribution in [3.05, 3.63) is 12.7 Å². The van der Waals surface area contributed by atoms with E-state index in [0.717, 1.165) is 16.3 Å². The lowest BCUT2D eigenvalue weighted by molar-refractivity contribution is 0.846. The zero-order valence-corrected chi connectivity index (χ0v) is 8.58. The number of nitrogens with zero attached hydrogens (tertiary/aromatic N) is 3. The van der Waals surface area contributed by atoms with Gasteiger partial charge in [-0.2, -0.15) is 0 Å². The average Bonchev–Trinajstić information content (AvgIpc) is 2.62. The van der Waals surface area contributed by atoms with Gasteiger partial charge in [-0.25, -0.2) is 15.0 Å². The number of imidazole rings is 1. The second-order valence-corrected chi connectivity index (χ2v) is 4.08. The van der Waals surface area contributed by atoms with E-state index >= 15 is 0 Å². The number of hydrogen-bond acceptors (Lipinski definition) is 5. The summed E-state index contributed by atoms with van der Waals surface area (Å²) in [6, 6.07) is 0.160. The molecule has 0 aliphatic carbocycles. The highest BCUT2D eigenvalue weighted by Crippen LogP contribution is 2.21. The van der Waals surface area contributed by atoms with Gasteiger partial charge in [-0.05, 0) is 6.92 Å². The summed E-state index contributed by atoms with van der Waals surface area (Å²) >= 11 is 1.62. The van der Waals surface area contributed by atoms with Crippen LogP contribution < -0.4 is 5.73 Å². The zero-order chi connectivity index (χ0) is 9.97. The number of hydrogen-bond donors (Lipinski definition) is 2. The second-order valence-electron chi connectivity index (χ2n) is 3.07. The quantitative estimate of drug-likeness (QED) is 0.577. The number of aromatic amines is 1. The zero-order valence-electron chi connectivity index (χ0n) is 7.77. The molecular weight excluding hydrogens is 198 g/mol. The Bertz CT molecular complexity index is 424. The lowest BCUT2D eigenvalue weighted by Gasteiger charge is -2.03. The highest BCUT2D eigenvalue weighted by Gasteiger charge is 2.06. The first-order valence-corrected chi connectivity index (χ1v) is 5.28. The molecule has 2 aromatic heterocycles. The molecule has 3 N–H and O–H groups in total. The van der Waals surface area contributed by atoms with E-state index in [1.165, 1.54) is 6.33 Å². The van der Waals surface area contributed by atoms with Crippen LogP contribution in [0.15, 0.2) is 17.7 Å². The molecule has 0 radical (unpaired) electrons. The number of fused-ring (bicyclic) bond motifs is 1. The van der Waals surface area contributed by atoms with E-state index in [9.17, 15) is 0 Å². The summed E-state index contributed by atoms with van der Waals surface area (Å²) in [4.78, 5) is 15.3. The van der Waals surface area contributed by atoms with Gasteiger partial charge < -0.3 is 10.7 Å². The van der Waals surface area contributed by atoms with E-state index in [-0.39, 0.29) is 6.04 Å². The van der Waals surface area contributed by atoms with Crippen LogP contribution in [0.25, 0.3) is 11.2 Å². The molecule has 0 bridgehead atoms. The molecule has 74 valence electrons. The molecule has 0 amide bonds. The minimum Gasteiger partial charge on any atom is -0.341 e. The van der Waals surface area contributed by atoms with Gasteiger partial charge in [0.25, 0.3) is 0 Å². The van der Waals surface area contributed by atoms with Gasteiger partial charge in [0.1, 0.15) is 16.9 Å². The van der Waals surface area contributed by atoms with Crippen molar-refractivity contribution >= 4 is 22.9 Å². The van der Waals surface area contributed by atoms with Crippen molar-refractivity contribution in [2.75, 3.05) is 5.75 Å². The van der Waals surface area contributed by atoms with Crippen LogP contribution in [-0.2, 0) is 0 Å². The normalized spacial score (nSPS) is 13.3. The number of nitrogens with one attached hydrogen (secondary N) is 1. The summed E-state index contributed by atoms with van der Waals surface area (Å²) in [6.07, 6.45) is 3.14. The van der Waals surface area contributed by atoms with Gasteiger partial charge in [0.15, 0.2) is 5.65 Å². The Labute approximate surface area is 85.5 Å². The fraction of sp³-hybridized carbons (Fsp3) is 0.375. The Balaban J connectivity index is 2.27. The molecule has 0 fully saturated rings. The van der Waals surface area contributed by atoms with Gasteiger partial charge in [0.05, 0.1) is 6.33 Å². The van der Waals surface area contributed by atoms with Crippen molar-refractivity contribution < 1.29 is 0 Å².